The van der Waals surface area contributed by atoms with Gasteiger partial charge in [-0.15, -0.1) is 0 Å². The molecule has 3 aliphatic heterocycles. The quantitative estimate of drug-likeness (QED) is 0.802. The van der Waals surface area contributed by atoms with Gasteiger partial charge in [-0.3, -0.25) is 9.69 Å². The number of aliphatic carboxylic acids is 1. The molecule has 0 aromatic rings. The minimum atomic E-state index is -0.664. The molecule has 2 bridgehead atoms. The van der Waals surface area contributed by atoms with Crippen molar-refractivity contribution in [1.82, 2.24) is 4.90 Å². The van der Waals surface area contributed by atoms with E-state index in [0.717, 1.165) is 45.7 Å². The molecule has 5 nitrogen and oxygen atoms in total. The maximum Gasteiger partial charge on any atom is 0.312 e. The van der Waals surface area contributed by atoms with Gasteiger partial charge in [0.15, 0.2) is 0 Å². The SMILES string of the molecule is O=C(O)C1(CCN2CCOCC2)CC2CCC1O2. The molecular weight excluding hydrogens is 234 g/mol. The van der Waals surface area contributed by atoms with Crippen LogP contribution in [0.2, 0.25) is 0 Å². The highest BCUT2D eigenvalue weighted by Crippen LogP contribution is 2.50. The predicted octanol–water partition coefficient (Wildman–Crippen LogP) is 0.731. The van der Waals surface area contributed by atoms with Gasteiger partial charge in [-0.2, -0.15) is 0 Å². The van der Waals surface area contributed by atoms with Gasteiger partial charge >= 0.3 is 5.97 Å². The molecule has 3 rings (SSSR count). The number of morpholine rings is 1. The Morgan fingerprint density at radius 1 is 1.33 bits per heavy atom. The fourth-order valence-corrected chi connectivity index (χ4v) is 3.58. The van der Waals surface area contributed by atoms with Gasteiger partial charge in [0.25, 0.3) is 0 Å². The van der Waals surface area contributed by atoms with E-state index in [1.807, 2.05) is 0 Å². The number of carboxylic acid groups (broad SMARTS) is 1. The fourth-order valence-electron chi connectivity index (χ4n) is 3.58. The van der Waals surface area contributed by atoms with Gasteiger partial charge in [0.1, 0.15) is 0 Å². The van der Waals surface area contributed by atoms with Crippen LogP contribution in [0.4, 0.5) is 0 Å². The van der Waals surface area contributed by atoms with E-state index in [9.17, 15) is 9.90 Å². The number of fused-ring (bicyclic) bond motifs is 2. The third-order valence-corrected chi connectivity index (χ3v) is 4.72. The summed E-state index contributed by atoms with van der Waals surface area (Å²) < 4.78 is 11.1. The van der Waals surface area contributed by atoms with Gasteiger partial charge in [-0.1, -0.05) is 0 Å². The summed E-state index contributed by atoms with van der Waals surface area (Å²) in [7, 11) is 0. The molecule has 5 heteroatoms. The van der Waals surface area contributed by atoms with Crippen LogP contribution in [-0.4, -0.2) is 61.0 Å². The van der Waals surface area contributed by atoms with Crippen LogP contribution in [0.15, 0.2) is 0 Å². The van der Waals surface area contributed by atoms with Crippen LogP contribution in [0.25, 0.3) is 0 Å². The lowest BCUT2D eigenvalue weighted by molar-refractivity contribution is -0.153. The second-order valence-electron chi connectivity index (χ2n) is 5.69. The van der Waals surface area contributed by atoms with Crippen molar-refractivity contribution in [3.8, 4) is 0 Å². The summed E-state index contributed by atoms with van der Waals surface area (Å²) in [6.45, 7) is 4.22. The first-order valence-electron chi connectivity index (χ1n) is 6.90. The average molecular weight is 255 g/mol. The Labute approximate surface area is 107 Å². The van der Waals surface area contributed by atoms with Crippen LogP contribution >= 0.6 is 0 Å². The molecule has 102 valence electrons. The van der Waals surface area contributed by atoms with E-state index in [1.54, 1.807) is 0 Å². The van der Waals surface area contributed by atoms with Gasteiger partial charge in [0, 0.05) is 13.1 Å². The Morgan fingerprint density at radius 2 is 2.11 bits per heavy atom. The molecule has 3 atom stereocenters. The molecule has 3 heterocycles. The summed E-state index contributed by atoms with van der Waals surface area (Å²) in [6, 6.07) is 0. The van der Waals surface area contributed by atoms with Crippen molar-refractivity contribution in [3.05, 3.63) is 0 Å². The lowest BCUT2D eigenvalue weighted by Crippen LogP contribution is -2.45. The minimum Gasteiger partial charge on any atom is -0.481 e. The van der Waals surface area contributed by atoms with Gasteiger partial charge in [0.2, 0.25) is 0 Å². The smallest absolute Gasteiger partial charge is 0.312 e. The Balaban J connectivity index is 1.62. The highest BCUT2D eigenvalue weighted by atomic mass is 16.5. The normalized spacial score (nSPS) is 40.2. The average Bonchev–Trinajstić information content (AvgIpc) is 2.98. The Hall–Kier alpha value is -0.650. The highest BCUT2D eigenvalue weighted by Gasteiger charge is 2.56. The molecule has 1 N–H and O–H groups in total. The van der Waals surface area contributed by atoms with E-state index in [-0.39, 0.29) is 12.2 Å². The van der Waals surface area contributed by atoms with Crippen molar-refractivity contribution < 1.29 is 19.4 Å². The molecule has 0 aromatic heterocycles. The van der Waals surface area contributed by atoms with Gasteiger partial charge < -0.3 is 14.6 Å². The molecule has 0 aromatic carbocycles. The van der Waals surface area contributed by atoms with Crippen molar-refractivity contribution in [2.75, 3.05) is 32.8 Å². The van der Waals surface area contributed by atoms with E-state index in [0.29, 0.717) is 12.8 Å². The molecule has 18 heavy (non-hydrogen) atoms. The first-order chi connectivity index (χ1) is 8.71. The Kier molecular flexibility index (Phi) is 3.30. The van der Waals surface area contributed by atoms with Crippen LogP contribution < -0.4 is 0 Å². The summed E-state index contributed by atoms with van der Waals surface area (Å²) >= 11 is 0. The van der Waals surface area contributed by atoms with E-state index in [4.69, 9.17) is 9.47 Å². The highest BCUT2D eigenvalue weighted by molar-refractivity contribution is 5.76. The number of carbonyl (C=O) groups is 1. The molecule has 3 saturated heterocycles. The Morgan fingerprint density at radius 3 is 2.67 bits per heavy atom. The van der Waals surface area contributed by atoms with Crippen LogP contribution in [0.5, 0.6) is 0 Å². The van der Waals surface area contributed by atoms with E-state index < -0.39 is 11.4 Å². The molecule has 0 radical (unpaired) electrons. The molecule has 0 saturated carbocycles. The largest absolute Gasteiger partial charge is 0.481 e. The zero-order chi connectivity index (χ0) is 12.6. The number of ether oxygens (including phenoxy) is 2. The number of hydrogen-bond donors (Lipinski definition) is 1. The molecule has 3 fully saturated rings. The zero-order valence-electron chi connectivity index (χ0n) is 10.6. The van der Waals surface area contributed by atoms with Crippen molar-refractivity contribution in [1.29, 1.82) is 0 Å². The fraction of sp³-hybridized carbons (Fsp3) is 0.923. The van der Waals surface area contributed by atoms with Crippen LogP contribution in [0.3, 0.4) is 0 Å². The first kappa shape index (κ1) is 12.4. The maximum atomic E-state index is 11.7. The van der Waals surface area contributed by atoms with E-state index >= 15 is 0 Å². The standard InChI is InChI=1S/C13H21NO4/c15-12(16)13(9-10-1-2-11(13)18-10)3-4-14-5-7-17-8-6-14/h10-11H,1-9H2,(H,15,16). The topological polar surface area (TPSA) is 59.0 Å². The first-order valence-corrected chi connectivity index (χ1v) is 6.90. The number of carboxylic acids is 1. The number of nitrogens with zero attached hydrogens (tertiary/aromatic N) is 1. The van der Waals surface area contributed by atoms with Crippen molar-refractivity contribution in [2.24, 2.45) is 5.41 Å². The van der Waals surface area contributed by atoms with Crippen LogP contribution in [-0.2, 0) is 14.3 Å². The predicted molar refractivity (Wildman–Crippen MR) is 64.5 cm³/mol. The lowest BCUT2D eigenvalue weighted by atomic mass is 9.71. The second kappa shape index (κ2) is 4.79. The molecule has 3 unspecified atom stereocenters. The van der Waals surface area contributed by atoms with Crippen molar-refractivity contribution >= 4 is 5.97 Å². The summed E-state index contributed by atoms with van der Waals surface area (Å²) in [6.07, 6.45) is 3.51. The van der Waals surface area contributed by atoms with E-state index in [1.165, 1.54) is 0 Å². The van der Waals surface area contributed by atoms with Gasteiger partial charge in [-0.25, -0.2) is 0 Å². The Bertz CT molecular complexity index is 329. The number of rotatable bonds is 4. The van der Waals surface area contributed by atoms with E-state index in [2.05, 4.69) is 4.90 Å². The summed E-state index contributed by atoms with van der Waals surface area (Å²) in [4.78, 5) is 14.0. The third-order valence-electron chi connectivity index (χ3n) is 4.72. The molecule has 0 amide bonds. The molecule has 0 spiro atoms. The van der Waals surface area contributed by atoms with Gasteiger partial charge in [0.05, 0.1) is 30.8 Å². The minimum absolute atomic E-state index is 0.0546. The molecule has 0 aliphatic carbocycles. The van der Waals surface area contributed by atoms with Gasteiger partial charge in [-0.05, 0) is 32.2 Å². The summed E-state index contributed by atoms with van der Waals surface area (Å²) in [5.41, 5.74) is -0.624. The maximum absolute atomic E-state index is 11.7. The zero-order valence-corrected chi connectivity index (χ0v) is 10.6. The van der Waals surface area contributed by atoms with Crippen LogP contribution in [0.1, 0.15) is 25.7 Å². The second-order valence-corrected chi connectivity index (χ2v) is 5.69. The number of hydrogen-bond acceptors (Lipinski definition) is 4. The van der Waals surface area contributed by atoms with Crippen molar-refractivity contribution in [2.45, 2.75) is 37.9 Å². The summed E-state index contributed by atoms with van der Waals surface area (Å²) in [5, 5.41) is 9.59. The molecule has 3 aliphatic rings. The monoisotopic (exact) mass is 255 g/mol. The van der Waals surface area contributed by atoms with Crippen molar-refractivity contribution in [3.63, 3.8) is 0 Å². The molecular formula is C13H21NO4. The summed E-state index contributed by atoms with van der Waals surface area (Å²) in [5.74, 6) is -0.664. The third kappa shape index (κ3) is 2.04. The van der Waals surface area contributed by atoms with Crippen LogP contribution in [0, 0.1) is 5.41 Å². The lowest BCUT2D eigenvalue weighted by Gasteiger charge is -2.34.